The van der Waals surface area contributed by atoms with Gasteiger partial charge in [0, 0.05) is 6.42 Å². The lowest BCUT2D eigenvalue weighted by Gasteiger charge is -2.18. The van der Waals surface area contributed by atoms with Gasteiger partial charge in [-0.2, -0.15) is 0 Å². The highest BCUT2D eigenvalue weighted by molar-refractivity contribution is 6.49. The van der Waals surface area contributed by atoms with E-state index >= 15 is 0 Å². The Hall–Kier alpha value is -0.480. The predicted octanol–water partition coefficient (Wildman–Crippen LogP) is 7.14. The maximum Gasteiger partial charge on any atom is 0.308 e. The SMILES string of the molecule is CCCCCCCCOC(=O)CCC(Cl)(Cl)CC(=O)OCCCCCCCC. The zero-order valence-electron chi connectivity index (χ0n) is 17.9. The first-order valence-corrected chi connectivity index (χ1v) is 11.9. The first-order chi connectivity index (χ1) is 13.4. The Kier molecular flexibility index (Phi) is 18.2. The molecule has 0 rings (SSSR count). The van der Waals surface area contributed by atoms with Crippen LogP contribution in [0.5, 0.6) is 0 Å². The molecule has 0 radical (unpaired) electrons. The number of alkyl halides is 2. The van der Waals surface area contributed by atoms with Crippen LogP contribution in [0.4, 0.5) is 0 Å². The maximum atomic E-state index is 11.9. The second-order valence-corrected chi connectivity index (χ2v) is 9.15. The van der Waals surface area contributed by atoms with Crippen LogP contribution in [0.3, 0.4) is 0 Å². The van der Waals surface area contributed by atoms with Crippen LogP contribution >= 0.6 is 23.2 Å². The molecule has 0 fully saturated rings. The zero-order valence-corrected chi connectivity index (χ0v) is 19.4. The van der Waals surface area contributed by atoms with Gasteiger partial charge in [-0.1, -0.05) is 78.1 Å². The highest BCUT2D eigenvalue weighted by Crippen LogP contribution is 2.31. The van der Waals surface area contributed by atoms with Crippen molar-refractivity contribution >= 4 is 35.1 Å². The highest BCUT2D eigenvalue weighted by Gasteiger charge is 2.29. The average Bonchev–Trinajstić information content (AvgIpc) is 2.64. The first kappa shape index (κ1) is 27.5. The molecule has 0 spiro atoms. The Bertz CT molecular complexity index is 400. The molecule has 0 aliphatic heterocycles. The van der Waals surface area contributed by atoms with E-state index in [4.69, 9.17) is 32.7 Å². The average molecular weight is 439 g/mol. The van der Waals surface area contributed by atoms with Crippen molar-refractivity contribution < 1.29 is 19.1 Å². The molecule has 0 saturated carbocycles. The number of halogens is 2. The summed E-state index contributed by atoms with van der Waals surface area (Å²) in [6, 6.07) is 0. The van der Waals surface area contributed by atoms with Gasteiger partial charge in [-0.15, -0.1) is 23.2 Å². The van der Waals surface area contributed by atoms with E-state index in [1.807, 2.05) is 0 Å². The fourth-order valence-corrected chi connectivity index (χ4v) is 3.25. The Morgan fingerprint density at radius 1 is 0.679 bits per heavy atom. The molecule has 0 aliphatic carbocycles. The number of hydrogen-bond donors (Lipinski definition) is 0. The van der Waals surface area contributed by atoms with Crippen LogP contribution in [0.15, 0.2) is 0 Å². The van der Waals surface area contributed by atoms with Gasteiger partial charge in [-0.05, 0) is 19.3 Å². The number of carbonyl (C=O) groups is 2. The monoisotopic (exact) mass is 438 g/mol. The second kappa shape index (κ2) is 18.5. The second-order valence-electron chi connectivity index (χ2n) is 7.51. The van der Waals surface area contributed by atoms with Crippen LogP contribution < -0.4 is 0 Å². The molecule has 0 aliphatic rings. The number of ether oxygens (including phenoxy) is 2. The summed E-state index contributed by atoms with van der Waals surface area (Å²) in [5.41, 5.74) is 0. The van der Waals surface area contributed by atoms with E-state index in [0.29, 0.717) is 13.2 Å². The third-order valence-corrected chi connectivity index (χ3v) is 5.26. The van der Waals surface area contributed by atoms with Gasteiger partial charge in [-0.25, -0.2) is 0 Å². The summed E-state index contributed by atoms with van der Waals surface area (Å²) in [5.74, 6) is -0.737. The molecule has 4 nitrogen and oxygen atoms in total. The van der Waals surface area contributed by atoms with Crippen molar-refractivity contribution in [1.82, 2.24) is 0 Å². The van der Waals surface area contributed by atoms with Gasteiger partial charge in [0.15, 0.2) is 0 Å². The van der Waals surface area contributed by atoms with E-state index in [1.54, 1.807) is 0 Å². The molecule has 0 amide bonds. The maximum absolute atomic E-state index is 11.9. The van der Waals surface area contributed by atoms with Crippen LogP contribution in [-0.4, -0.2) is 29.5 Å². The number of hydrogen-bond acceptors (Lipinski definition) is 4. The van der Waals surface area contributed by atoms with Crippen molar-refractivity contribution in [3.63, 3.8) is 0 Å². The van der Waals surface area contributed by atoms with Crippen LogP contribution in [-0.2, 0) is 19.1 Å². The summed E-state index contributed by atoms with van der Waals surface area (Å²) in [6.07, 6.45) is 13.8. The number of esters is 2. The summed E-state index contributed by atoms with van der Waals surface area (Å²) < 4.78 is 9.09. The highest BCUT2D eigenvalue weighted by atomic mass is 35.5. The Morgan fingerprint density at radius 3 is 1.61 bits per heavy atom. The summed E-state index contributed by atoms with van der Waals surface area (Å²) >= 11 is 12.3. The lowest BCUT2D eigenvalue weighted by atomic mass is 10.1. The van der Waals surface area contributed by atoms with Crippen molar-refractivity contribution in [3.05, 3.63) is 0 Å². The molecule has 0 bridgehead atoms. The fraction of sp³-hybridized carbons (Fsp3) is 0.909. The van der Waals surface area contributed by atoms with Gasteiger partial charge in [0.1, 0.15) is 4.33 Å². The van der Waals surface area contributed by atoms with Crippen molar-refractivity contribution in [2.24, 2.45) is 0 Å². The smallest absolute Gasteiger partial charge is 0.308 e. The van der Waals surface area contributed by atoms with Gasteiger partial charge in [0.05, 0.1) is 19.6 Å². The Morgan fingerprint density at radius 2 is 1.11 bits per heavy atom. The summed E-state index contributed by atoms with van der Waals surface area (Å²) in [4.78, 5) is 23.6. The molecule has 0 aromatic carbocycles. The lowest BCUT2D eigenvalue weighted by Crippen LogP contribution is -2.22. The molecule has 166 valence electrons. The predicted molar refractivity (Wildman–Crippen MR) is 117 cm³/mol. The van der Waals surface area contributed by atoms with Crippen LogP contribution in [0.25, 0.3) is 0 Å². The van der Waals surface area contributed by atoms with E-state index in [1.165, 1.54) is 51.4 Å². The van der Waals surface area contributed by atoms with E-state index in [-0.39, 0.29) is 25.2 Å². The number of rotatable bonds is 19. The van der Waals surface area contributed by atoms with E-state index in [0.717, 1.165) is 25.7 Å². The minimum atomic E-state index is -1.29. The molecule has 6 heteroatoms. The van der Waals surface area contributed by atoms with Gasteiger partial charge >= 0.3 is 11.9 Å². The van der Waals surface area contributed by atoms with Crippen LogP contribution in [0, 0.1) is 0 Å². The third kappa shape index (κ3) is 18.9. The quantitative estimate of drug-likeness (QED) is 0.122. The summed E-state index contributed by atoms with van der Waals surface area (Å²) in [6.45, 7) is 5.20. The lowest BCUT2D eigenvalue weighted by molar-refractivity contribution is -0.146. The van der Waals surface area contributed by atoms with Crippen molar-refractivity contribution in [1.29, 1.82) is 0 Å². The number of unbranched alkanes of at least 4 members (excludes halogenated alkanes) is 10. The summed E-state index contributed by atoms with van der Waals surface area (Å²) in [5, 5.41) is 0. The molecule has 0 saturated heterocycles. The van der Waals surface area contributed by atoms with Gasteiger partial charge in [0.25, 0.3) is 0 Å². The molecule has 0 atom stereocenters. The molecule has 28 heavy (non-hydrogen) atoms. The topological polar surface area (TPSA) is 52.6 Å². The molecule has 0 aromatic heterocycles. The third-order valence-electron chi connectivity index (χ3n) is 4.62. The molecule has 0 N–H and O–H groups in total. The minimum absolute atomic E-state index is 0.105. The molecular weight excluding hydrogens is 399 g/mol. The molecular formula is C22H40Cl2O4. The normalized spacial score (nSPS) is 11.4. The van der Waals surface area contributed by atoms with E-state index in [2.05, 4.69) is 13.8 Å². The van der Waals surface area contributed by atoms with Gasteiger partial charge in [0.2, 0.25) is 0 Å². The Balaban J connectivity index is 3.71. The molecule has 0 heterocycles. The van der Waals surface area contributed by atoms with Crippen LogP contribution in [0.1, 0.15) is 110 Å². The summed E-state index contributed by atoms with van der Waals surface area (Å²) in [7, 11) is 0. The number of carbonyl (C=O) groups excluding carboxylic acids is 2. The van der Waals surface area contributed by atoms with Gasteiger partial charge in [-0.3, -0.25) is 9.59 Å². The minimum Gasteiger partial charge on any atom is -0.466 e. The van der Waals surface area contributed by atoms with E-state index < -0.39 is 10.3 Å². The Labute approximate surface area is 182 Å². The first-order valence-electron chi connectivity index (χ1n) is 11.1. The standard InChI is InChI=1S/C22H40Cl2O4/c1-3-5-7-9-11-13-17-27-20(25)15-16-22(23,24)19-21(26)28-18-14-12-10-8-6-4-2/h3-19H2,1-2H3. The van der Waals surface area contributed by atoms with Gasteiger partial charge < -0.3 is 9.47 Å². The molecule has 0 unspecified atom stereocenters. The largest absolute Gasteiger partial charge is 0.466 e. The van der Waals surface area contributed by atoms with Crippen molar-refractivity contribution in [2.75, 3.05) is 13.2 Å². The fourth-order valence-electron chi connectivity index (χ4n) is 2.84. The zero-order chi connectivity index (χ0) is 21.1. The van der Waals surface area contributed by atoms with Crippen LogP contribution in [0.2, 0.25) is 0 Å². The van der Waals surface area contributed by atoms with Crippen molar-refractivity contribution in [3.8, 4) is 0 Å². The molecule has 0 aromatic rings. The van der Waals surface area contributed by atoms with Crippen molar-refractivity contribution in [2.45, 2.75) is 114 Å². The van der Waals surface area contributed by atoms with E-state index in [9.17, 15) is 9.59 Å².